The number of hydrogen-bond acceptors (Lipinski definition) is 1. The Hall–Kier alpha value is -1.60. The van der Waals surface area contributed by atoms with E-state index in [0.717, 1.165) is 6.54 Å². The normalized spacial score (nSPS) is 12.5. The van der Waals surface area contributed by atoms with Gasteiger partial charge in [0, 0.05) is 18.5 Å². The molecule has 0 fully saturated rings. The first kappa shape index (κ1) is 15.8. The van der Waals surface area contributed by atoms with Gasteiger partial charge in [0.05, 0.1) is 0 Å². The topological polar surface area (TPSA) is 12.0 Å². The van der Waals surface area contributed by atoms with E-state index < -0.39 is 0 Å². The van der Waals surface area contributed by atoms with Crippen molar-refractivity contribution in [3.63, 3.8) is 0 Å². The summed E-state index contributed by atoms with van der Waals surface area (Å²) in [4.78, 5) is 0. The highest BCUT2D eigenvalue weighted by Crippen LogP contribution is 2.24. The van der Waals surface area contributed by atoms with Crippen LogP contribution in [0.15, 0.2) is 60.7 Å². The van der Waals surface area contributed by atoms with E-state index in [2.05, 4.69) is 79.8 Å². The number of rotatable bonds is 8. The summed E-state index contributed by atoms with van der Waals surface area (Å²) in [6.07, 6.45) is 3.70. The lowest BCUT2D eigenvalue weighted by molar-refractivity contribution is 0.454. The molecule has 1 atom stereocenters. The van der Waals surface area contributed by atoms with E-state index in [9.17, 15) is 0 Å². The predicted molar refractivity (Wildman–Crippen MR) is 91.7 cm³/mol. The Kier molecular flexibility index (Phi) is 6.49. The fourth-order valence-corrected chi connectivity index (χ4v) is 2.88. The standard InChI is InChI=1S/C20H27N/c1-3-11-19(4-2)21-16-20(17-12-7-5-8-13-17)18-14-9-6-10-15-18/h5-10,12-15,19-21H,3-4,11,16H2,1-2H3. The summed E-state index contributed by atoms with van der Waals surface area (Å²) < 4.78 is 0. The molecule has 0 bridgehead atoms. The molecule has 0 radical (unpaired) electrons. The Labute approximate surface area is 129 Å². The van der Waals surface area contributed by atoms with E-state index in [0.29, 0.717) is 12.0 Å². The molecule has 21 heavy (non-hydrogen) atoms. The summed E-state index contributed by atoms with van der Waals surface area (Å²) in [6.45, 7) is 5.54. The van der Waals surface area contributed by atoms with Crippen LogP contribution in [0.3, 0.4) is 0 Å². The van der Waals surface area contributed by atoms with Crippen LogP contribution in [0.25, 0.3) is 0 Å². The molecule has 0 heterocycles. The average Bonchev–Trinajstić information content (AvgIpc) is 2.56. The van der Waals surface area contributed by atoms with Crippen molar-refractivity contribution >= 4 is 0 Å². The Morgan fingerprint density at radius 1 is 0.810 bits per heavy atom. The molecule has 0 saturated heterocycles. The van der Waals surface area contributed by atoms with E-state index >= 15 is 0 Å². The van der Waals surface area contributed by atoms with Crippen LogP contribution in [-0.2, 0) is 0 Å². The molecule has 0 aliphatic rings. The van der Waals surface area contributed by atoms with Crippen LogP contribution in [0.2, 0.25) is 0 Å². The van der Waals surface area contributed by atoms with E-state index in [1.807, 2.05) is 0 Å². The van der Waals surface area contributed by atoms with Crippen molar-refractivity contribution in [2.24, 2.45) is 0 Å². The van der Waals surface area contributed by atoms with E-state index in [-0.39, 0.29) is 0 Å². The summed E-state index contributed by atoms with van der Waals surface area (Å²) in [6, 6.07) is 22.3. The Bertz CT molecular complexity index is 452. The van der Waals surface area contributed by atoms with Gasteiger partial charge in [0.2, 0.25) is 0 Å². The summed E-state index contributed by atoms with van der Waals surface area (Å²) in [5.41, 5.74) is 2.78. The third kappa shape index (κ3) is 4.71. The van der Waals surface area contributed by atoms with Gasteiger partial charge in [0.1, 0.15) is 0 Å². The lowest BCUT2D eigenvalue weighted by Crippen LogP contribution is -2.32. The molecule has 0 saturated carbocycles. The van der Waals surface area contributed by atoms with Crippen molar-refractivity contribution in [3.8, 4) is 0 Å². The van der Waals surface area contributed by atoms with Crippen molar-refractivity contribution in [1.82, 2.24) is 5.32 Å². The van der Waals surface area contributed by atoms with Crippen LogP contribution in [0.1, 0.15) is 50.2 Å². The molecule has 1 unspecified atom stereocenters. The second kappa shape index (κ2) is 8.63. The van der Waals surface area contributed by atoms with Crippen molar-refractivity contribution in [3.05, 3.63) is 71.8 Å². The summed E-state index contributed by atoms with van der Waals surface area (Å²) in [5.74, 6) is 0.429. The maximum absolute atomic E-state index is 3.77. The van der Waals surface area contributed by atoms with Crippen LogP contribution in [0.4, 0.5) is 0 Å². The van der Waals surface area contributed by atoms with Gasteiger partial charge >= 0.3 is 0 Å². The highest BCUT2D eigenvalue weighted by molar-refractivity contribution is 5.32. The molecule has 2 rings (SSSR count). The van der Waals surface area contributed by atoms with E-state index in [4.69, 9.17) is 0 Å². The fraction of sp³-hybridized carbons (Fsp3) is 0.400. The molecule has 2 aromatic rings. The first-order chi connectivity index (χ1) is 10.3. The Morgan fingerprint density at radius 3 is 1.76 bits per heavy atom. The monoisotopic (exact) mass is 281 g/mol. The minimum absolute atomic E-state index is 0.429. The zero-order valence-corrected chi connectivity index (χ0v) is 13.3. The van der Waals surface area contributed by atoms with Crippen LogP contribution >= 0.6 is 0 Å². The predicted octanol–water partition coefficient (Wildman–Crippen LogP) is 4.99. The molecule has 0 aliphatic carbocycles. The van der Waals surface area contributed by atoms with Gasteiger partial charge in [-0.3, -0.25) is 0 Å². The zero-order chi connectivity index (χ0) is 14.9. The molecule has 0 amide bonds. The van der Waals surface area contributed by atoms with Crippen LogP contribution in [0.5, 0.6) is 0 Å². The molecule has 1 nitrogen and oxygen atoms in total. The first-order valence-electron chi connectivity index (χ1n) is 8.18. The Balaban J connectivity index is 2.13. The van der Waals surface area contributed by atoms with Gasteiger partial charge < -0.3 is 5.32 Å². The molecule has 2 aromatic carbocycles. The van der Waals surface area contributed by atoms with Gasteiger partial charge in [-0.1, -0.05) is 80.9 Å². The number of nitrogens with one attached hydrogen (secondary N) is 1. The lowest BCUT2D eigenvalue weighted by Gasteiger charge is -2.23. The second-order valence-corrected chi connectivity index (χ2v) is 5.68. The largest absolute Gasteiger partial charge is 0.313 e. The lowest BCUT2D eigenvalue weighted by atomic mass is 9.91. The molecule has 0 spiro atoms. The molecular weight excluding hydrogens is 254 g/mol. The minimum Gasteiger partial charge on any atom is -0.313 e. The second-order valence-electron chi connectivity index (χ2n) is 5.68. The maximum atomic E-state index is 3.77. The molecule has 1 heteroatoms. The third-order valence-electron chi connectivity index (χ3n) is 4.14. The van der Waals surface area contributed by atoms with Crippen molar-refractivity contribution in [2.75, 3.05) is 6.54 Å². The highest BCUT2D eigenvalue weighted by atomic mass is 14.9. The van der Waals surface area contributed by atoms with Crippen molar-refractivity contribution in [1.29, 1.82) is 0 Å². The van der Waals surface area contributed by atoms with Gasteiger partial charge in [-0.2, -0.15) is 0 Å². The van der Waals surface area contributed by atoms with Gasteiger partial charge in [-0.15, -0.1) is 0 Å². The van der Waals surface area contributed by atoms with Gasteiger partial charge in [0.15, 0.2) is 0 Å². The number of benzene rings is 2. The van der Waals surface area contributed by atoms with Crippen LogP contribution in [0, 0.1) is 0 Å². The number of hydrogen-bond donors (Lipinski definition) is 1. The summed E-state index contributed by atoms with van der Waals surface area (Å²) >= 11 is 0. The third-order valence-corrected chi connectivity index (χ3v) is 4.14. The first-order valence-corrected chi connectivity index (χ1v) is 8.18. The zero-order valence-electron chi connectivity index (χ0n) is 13.3. The van der Waals surface area contributed by atoms with Crippen molar-refractivity contribution < 1.29 is 0 Å². The molecular formula is C20H27N. The maximum Gasteiger partial charge on any atom is 0.0214 e. The van der Waals surface area contributed by atoms with Crippen LogP contribution in [-0.4, -0.2) is 12.6 Å². The van der Waals surface area contributed by atoms with E-state index in [1.54, 1.807) is 0 Å². The van der Waals surface area contributed by atoms with Gasteiger partial charge in [0.25, 0.3) is 0 Å². The fourth-order valence-electron chi connectivity index (χ4n) is 2.88. The van der Waals surface area contributed by atoms with Crippen molar-refractivity contribution in [2.45, 2.75) is 45.1 Å². The molecule has 112 valence electrons. The molecule has 0 aromatic heterocycles. The van der Waals surface area contributed by atoms with Gasteiger partial charge in [-0.25, -0.2) is 0 Å². The molecule has 0 aliphatic heterocycles. The van der Waals surface area contributed by atoms with Crippen LogP contribution < -0.4 is 5.32 Å². The average molecular weight is 281 g/mol. The highest BCUT2D eigenvalue weighted by Gasteiger charge is 2.15. The quantitative estimate of drug-likeness (QED) is 0.719. The summed E-state index contributed by atoms with van der Waals surface area (Å²) in [7, 11) is 0. The smallest absolute Gasteiger partial charge is 0.0214 e. The minimum atomic E-state index is 0.429. The SMILES string of the molecule is CCCC(CC)NCC(c1ccccc1)c1ccccc1. The Morgan fingerprint density at radius 2 is 1.33 bits per heavy atom. The summed E-state index contributed by atoms with van der Waals surface area (Å²) in [5, 5.41) is 3.77. The molecule has 1 N–H and O–H groups in total. The van der Waals surface area contributed by atoms with E-state index in [1.165, 1.54) is 30.4 Å². The van der Waals surface area contributed by atoms with Gasteiger partial charge in [-0.05, 0) is 24.0 Å².